The summed E-state index contributed by atoms with van der Waals surface area (Å²) in [5.41, 5.74) is 2.29. The van der Waals surface area contributed by atoms with Crippen LogP contribution in [0.1, 0.15) is 62.8 Å². The topological polar surface area (TPSA) is 64.7 Å². The normalized spacial score (nSPS) is 27.0. The average Bonchev–Trinajstić information content (AvgIpc) is 2.86. The summed E-state index contributed by atoms with van der Waals surface area (Å²) < 4.78 is 0. The first-order valence-electron chi connectivity index (χ1n) is 13.3. The molecule has 5 rings (SSSR count). The van der Waals surface area contributed by atoms with Crippen molar-refractivity contribution in [2.24, 2.45) is 17.8 Å². The fourth-order valence-corrected chi connectivity index (χ4v) is 6.59. The number of amides is 2. The minimum atomic E-state index is -0.192. The average molecular weight is 453 g/mol. The standard InChI is InChI=1S/C27H40N4O2/c32-26-6-5-25(27(33)29-26)23-1-3-24(4-2-23)31-17-11-22(12-18-31)21-9-15-30(16-10-21)19-20-7-13-28-14-8-20/h1-4,20-22,25,28H,5-19H2,(H,29,32,33). The maximum absolute atomic E-state index is 12.2. The van der Waals surface area contributed by atoms with Gasteiger partial charge in [-0.15, -0.1) is 0 Å². The summed E-state index contributed by atoms with van der Waals surface area (Å²) in [4.78, 5) is 28.8. The molecule has 1 unspecified atom stereocenters. The largest absolute Gasteiger partial charge is 0.372 e. The lowest BCUT2D eigenvalue weighted by molar-refractivity contribution is -0.134. The molecule has 4 saturated heterocycles. The van der Waals surface area contributed by atoms with E-state index >= 15 is 0 Å². The van der Waals surface area contributed by atoms with E-state index in [0.29, 0.717) is 12.8 Å². The van der Waals surface area contributed by atoms with Gasteiger partial charge in [-0.1, -0.05) is 12.1 Å². The molecule has 0 aliphatic carbocycles. The Morgan fingerprint density at radius 3 is 2.06 bits per heavy atom. The van der Waals surface area contributed by atoms with Gasteiger partial charge in [0, 0.05) is 31.7 Å². The van der Waals surface area contributed by atoms with Gasteiger partial charge < -0.3 is 15.1 Å². The van der Waals surface area contributed by atoms with Gasteiger partial charge in [0.1, 0.15) is 0 Å². The number of likely N-dealkylation sites (tertiary alicyclic amines) is 1. The molecule has 4 heterocycles. The molecule has 4 fully saturated rings. The van der Waals surface area contributed by atoms with Gasteiger partial charge in [0.05, 0.1) is 5.92 Å². The predicted octanol–water partition coefficient (Wildman–Crippen LogP) is 3.13. The van der Waals surface area contributed by atoms with E-state index in [2.05, 4.69) is 44.7 Å². The Morgan fingerprint density at radius 1 is 0.788 bits per heavy atom. The number of hydrogen-bond acceptors (Lipinski definition) is 5. The van der Waals surface area contributed by atoms with Crippen molar-refractivity contribution in [1.82, 2.24) is 15.5 Å². The molecule has 33 heavy (non-hydrogen) atoms. The molecule has 6 heteroatoms. The summed E-state index contributed by atoms with van der Waals surface area (Å²) in [6.07, 6.45) is 9.13. The number of rotatable bonds is 5. The molecule has 2 N–H and O–H groups in total. The number of imide groups is 1. The van der Waals surface area contributed by atoms with E-state index in [1.54, 1.807) is 0 Å². The third-order valence-electron chi connectivity index (χ3n) is 8.71. The Balaban J connectivity index is 1.07. The van der Waals surface area contributed by atoms with Crippen molar-refractivity contribution in [2.45, 2.75) is 57.3 Å². The zero-order valence-electron chi connectivity index (χ0n) is 19.9. The molecule has 6 nitrogen and oxygen atoms in total. The molecule has 1 aromatic rings. The highest BCUT2D eigenvalue weighted by Crippen LogP contribution is 2.35. The van der Waals surface area contributed by atoms with Gasteiger partial charge in [0.15, 0.2) is 0 Å². The van der Waals surface area contributed by atoms with Crippen molar-refractivity contribution in [2.75, 3.05) is 50.7 Å². The first-order chi connectivity index (χ1) is 16.2. The number of benzene rings is 1. The summed E-state index contributed by atoms with van der Waals surface area (Å²) in [6, 6.07) is 8.50. The van der Waals surface area contributed by atoms with Crippen LogP contribution in [0.4, 0.5) is 5.69 Å². The molecular weight excluding hydrogens is 412 g/mol. The van der Waals surface area contributed by atoms with E-state index in [0.717, 1.165) is 36.4 Å². The molecule has 2 amide bonds. The van der Waals surface area contributed by atoms with E-state index in [-0.39, 0.29) is 17.7 Å². The summed E-state index contributed by atoms with van der Waals surface area (Å²) in [5.74, 6) is 2.21. The minimum Gasteiger partial charge on any atom is -0.372 e. The molecule has 0 bridgehead atoms. The van der Waals surface area contributed by atoms with Crippen molar-refractivity contribution in [3.05, 3.63) is 29.8 Å². The fraction of sp³-hybridized carbons (Fsp3) is 0.704. The number of piperidine rings is 4. The molecule has 0 radical (unpaired) electrons. The molecule has 4 aliphatic heterocycles. The zero-order valence-corrected chi connectivity index (χ0v) is 19.9. The van der Waals surface area contributed by atoms with Gasteiger partial charge in [-0.25, -0.2) is 0 Å². The highest BCUT2D eigenvalue weighted by Gasteiger charge is 2.31. The molecule has 0 saturated carbocycles. The van der Waals surface area contributed by atoms with Gasteiger partial charge in [0.2, 0.25) is 11.8 Å². The Hall–Kier alpha value is -1.92. The molecule has 0 aromatic heterocycles. The van der Waals surface area contributed by atoms with E-state index in [1.165, 1.54) is 76.9 Å². The lowest BCUT2D eigenvalue weighted by atomic mass is 9.78. The maximum Gasteiger partial charge on any atom is 0.234 e. The van der Waals surface area contributed by atoms with Crippen molar-refractivity contribution in [3.8, 4) is 0 Å². The monoisotopic (exact) mass is 452 g/mol. The fourth-order valence-electron chi connectivity index (χ4n) is 6.59. The van der Waals surface area contributed by atoms with Crippen LogP contribution in [0, 0.1) is 17.8 Å². The van der Waals surface area contributed by atoms with Gasteiger partial charge in [-0.3, -0.25) is 14.9 Å². The number of hydrogen-bond donors (Lipinski definition) is 2. The Bertz CT molecular complexity index is 804. The van der Waals surface area contributed by atoms with Gasteiger partial charge >= 0.3 is 0 Å². The molecule has 1 atom stereocenters. The van der Waals surface area contributed by atoms with Crippen LogP contribution in [-0.4, -0.2) is 62.5 Å². The summed E-state index contributed by atoms with van der Waals surface area (Å²) >= 11 is 0. The second-order valence-corrected chi connectivity index (χ2v) is 10.8. The lowest BCUT2D eigenvalue weighted by Crippen LogP contribution is -2.43. The van der Waals surface area contributed by atoms with Crippen molar-refractivity contribution < 1.29 is 9.59 Å². The Morgan fingerprint density at radius 2 is 1.42 bits per heavy atom. The highest BCUT2D eigenvalue weighted by molar-refractivity contribution is 6.00. The highest BCUT2D eigenvalue weighted by atomic mass is 16.2. The SMILES string of the molecule is O=C1CCC(c2ccc(N3CCC(C4CCN(CC5CCNCC5)CC4)CC3)cc2)C(=O)N1. The van der Waals surface area contributed by atoms with Crippen LogP contribution in [0.2, 0.25) is 0 Å². The summed E-state index contributed by atoms with van der Waals surface area (Å²) in [5, 5.41) is 5.96. The smallest absolute Gasteiger partial charge is 0.234 e. The Kier molecular flexibility index (Phi) is 7.31. The minimum absolute atomic E-state index is 0.150. The molecular formula is C27H40N4O2. The number of nitrogens with zero attached hydrogens (tertiary/aromatic N) is 2. The number of anilines is 1. The molecule has 0 spiro atoms. The Labute approximate surface area is 198 Å². The number of carbonyl (C=O) groups is 2. The predicted molar refractivity (Wildman–Crippen MR) is 131 cm³/mol. The third kappa shape index (κ3) is 5.60. The number of carbonyl (C=O) groups excluding carboxylic acids is 2. The van der Waals surface area contributed by atoms with Crippen LogP contribution in [-0.2, 0) is 9.59 Å². The van der Waals surface area contributed by atoms with Crippen LogP contribution in [0.5, 0.6) is 0 Å². The first kappa shape index (κ1) is 22.9. The second-order valence-electron chi connectivity index (χ2n) is 10.8. The van der Waals surface area contributed by atoms with Gasteiger partial charge in [-0.05, 0) is 107 Å². The maximum atomic E-state index is 12.2. The van der Waals surface area contributed by atoms with Crippen LogP contribution >= 0.6 is 0 Å². The van der Waals surface area contributed by atoms with E-state index < -0.39 is 0 Å². The van der Waals surface area contributed by atoms with Crippen molar-refractivity contribution in [1.29, 1.82) is 0 Å². The van der Waals surface area contributed by atoms with Crippen molar-refractivity contribution >= 4 is 17.5 Å². The van der Waals surface area contributed by atoms with Crippen LogP contribution in [0.3, 0.4) is 0 Å². The van der Waals surface area contributed by atoms with E-state index in [4.69, 9.17) is 0 Å². The van der Waals surface area contributed by atoms with Gasteiger partial charge in [-0.2, -0.15) is 0 Å². The van der Waals surface area contributed by atoms with E-state index in [1.807, 2.05) is 0 Å². The summed E-state index contributed by atoms with van der Waals surface area (Å²) in [6.45, 7) is 8.61. The lowest BCUT2D eigenvalue weighted by Gasteiger charge is -2.41. The van der Waals surface area contributed by atoms with Gasteiger partial charge in [0.25, 0.3) is 0 Å². The summed E-state index contributed by atoms with van der Waals surface area (Å²) in [7, 11) is 0. The number of nitrogens with one attached hydrogen (secondary N) is 2. The quantitative estimate of drug-likeness (QED) is 0.672. The van der Waals surface area contributed by atoms with E-state index in [9.17, 15) is 9.59 Å². The first-order valence-corrected chi connectivity index (χ1v) is 13.3. The molecule has 180 valence electrons. The molecule has 1 aromatic carbocycles. The molecule has 4 aliphatic rings. The zero-order chi connectivity index (χ0) is 22.6. The van der Waals surface area contributed by atoms with Crippen LogP contribution in [0.15, 0.2) is 24.3 Å². The third-order valence-corrected chi connectivity index (χ3v) is 8.71. The van der Waals surface area contributed by atoms with Crippen LogP contribution < -0.4 is 15.5 Å². The van der Waals surface area contributed by atoms with Crippen molar-refractivity contribution in [3.63, 3.8) is 0 Å². The second kappa shape index (κ2) is 10.6. The van der Waals surface area contributed by atoms with Crippen LogP contribution in [0.25, 0.3) is 0 Å².